The van der Waals surface area contributed by atoms with Crippen LogP contribution in [0.15, 0.2) is 24.3 Å². The SMILES string of the molecule is O=C(N[C@H]1COc2ccc(COCC(F)(F)F)cc2C1)c1cc2n(n1)CCC(CC1CCOCC1)O2. The van der Waals surface area contributed by atoms with Crippen LogP contribution in [0.5, 0.6) is 11.6 Å². The average Bonchev–Trinajstić information content (AvgIpc) is 3.27. The molecule has 1 amide bonds. The molecule has 8 nitrogen and oxygen atoms in total. The summed E-state index contributed by atoms with van der Waals surface area (Å²) >= 11 is 0. The second kappa shape index (κ2) is 10.7. The number of hydrogen-bond acceptors (Lipinski definition) is 6. The molecule has 3 aliphatic heterocycles. The van der Waals surface area contributed by atoms with E-state index in [1.165, 1.54) is 0 Å². The van der Waals surface area contributed by atoms with Gasteiger partial charge in [-0.25, -0.2) is 4.68 Å². The van der Waals surface area contributed by atoms with Gasteiger partial charge in [-0.05, 0) is 54.9 Å². The fourth-order valence-corrected chi connectivity index (χ4v) is 4.96. The number of benzene rings is 1. The number of fused-ring (bicyclic) bond motifs is 2. The van der Waals surface area contributed by atoms with Gasteiger partial charge < -0.3 is 24.3 Å². The van der Waals surface area contributed by atoms with Gasteiger partial charge in [0, 0.05) is 32.2 Å². The van der Waals surface area contributed by atoms with Crippen molar-refractivity contribution in [2.45, 2.75) is 63.6 Å². The maximum Gasteiger partial charge on any atom is 0.411 e. The molecule has 1 saturated heterocycles. The van der Waals surface area contributed by atoms with E-state index in [-0.39, 0.29) is 30.4 Å². The lowest BCUT2D eigenvalue weighted by molar-refractivity contribution is -0.176. The summed E-state index contributed by atoms with van der Waals surface area (Å²) in [5, 5.41) is 7.38. The molecule has 0 spiro atoms. The number of amides is 1. The maximum absolute atomic E-state index is 12.9. The lowest BCUT2D eigenvalue weighted by Crippen LogP contribution is -2.43. The maximum atomic E-state index is 12.9. The normalized spacial score (nSPS) is 22.2. The summed E-state index contributed by atoms with van der Waals surface area (Å²) in [6.45, 7) is 1.16. The number of carbonyl (C=O) groups is 1. The van der Waals surface area contributed by atoms with Gasteiger partial charge in [-0.1, -0.05) is 6.07 Å². The fourth-order valence-electron chi connectivity index (χ4n) is 4.96. The third-order valence-corrected chi connectivity index (χ3v) is 6.76. The van der Waals surface area contributed by atoms with Crippen LogP contribution in [0.4, 0.5) is 13.2 Å². The Morgan fingerprint density at radius 1 is 1.19 bits per heavy atom. The Morgan fingerprint density at radius 2 is 2.03 bits per heavy atom. The molecule has 196 valence electrons. The van der Waals surface area contributed by atoms with E-state index in [1.807, 2.05) is 0 Å². The monoisotopic (exact) mass is 509 g/mol. The largest absolute Gasteiger partial charge is 0.491 e. The summed E-state index contributed by atoms with van der Waals surface area (Å²) < 4.78 is 60.8. The Morgan fingerprint density at radius 3 is 2.83 bits per heavy atom. The third-order valence-electron chi connectivity index (χ3n) is 6.76. The summed E-state index contributed by atoms with van der Waals surface area (Å²) in [6.07, 6.45) is 0.197. The minimum absolute atomic E-state index is 0.116. The van der Waals surface area contributed by atoms with Crippen LogP contribution >= 0.6 is 0 Å². The van der Waals surface area contributed by atoms with Gasteiger partial charge in [-0.3, -0.25) is 4.79 Å². The lowest BCUT2D eigenvalue weighted by Gasteiger charge is -2.29. The zero-order valence-electron chi connectivity index (χ0n) is 19.9. The topological polar surface area (TPSA) is 83.8 Å². The van der Waals surface area contributed by atoms with Gasteiger partial charge in [0.25, 0.3) is 5.91 Å². The van der Waals surface area contributed by atoms with Crippen LogP contribution in [0.1, 0.15) is 47.3 Å². The molecule has 2 atom stereocenters. The molecule has 0 radical (unpaired) electrons. The van der Waals surface area contributed by atoms with E-state index in [9.17, 15) is 18.0 Å². The number of alkyl halides is 3. The Balaban J connectivity index is 1.15. The molecule has 3 aliphatic rings. The summed E-state index contributed by atoms with van der Waals surface area (Å²) in [7, 11) is 0. The van der Waals surface area contributed by atoms with Gasteiger partial charge in [0.15, 0.2) is 5.69 Å². The number of ether oxygens (including phenoxy) is 4. The summed E-state index contributed by atoms with van der Waals surface area (Å²) in [4.78, 5) is 12.9. The van der Waals surface area contributed by atoms with Crippen LogP contribution in [0.2, 0.25) is 0 Å². The Kier molecular flexibility index (Phi) is 7.38. The number of nitrogens with zero attached hydrogens (tertiary/aromatic N) is 2. The highest BCUT2D eigenvalue weighted by Crippen LogP contribution is 2.30. The van der Waals surface area contributed by atoms with Crippen molar-refractivity contribution in [2.75, 3.05) is 26.4 Å². The van der Waals surface area contributed by atoms with Crippen molar-refractivity contribution in [1.82, 2.24) is 15.1 Å². The lowest BCUT2D eigenvalue weighted by atomic mass is 9.92. The van der Waals surface area contributed by atoms with Crippen LogP contribution in [0.3, 0.4) is 0 Å². The van der Waals surface area contributed by atoms with Gasteiger partial charge in [-0.15, -0.1) is 0 Å². The van der Waals surface area contributed by atoms with Crippen molar-refractivity contribution in [3.05, 3.63) is 41.1 Å². The fraction of sp³-hybridized carbons (Fsp3) is 0.600. The van der Waals surface area contributed by atoms with E-state index >= 15 is 0 Å². The number of nitrogens with one attached hydrogen (secondary N) is 1. The zero-order chi connectivity index (χ0) is 25.1. The number of aryl methyl sites for hydroxylation is 1. The molecule has 0 bridgehead atoms. The second-order valence-electron chi connectivity index (χ2n) is 9.65. The Bertz CT molecular complexity index is 1070. The average molecular weight is 510 g/mol. The van der Waals surface area contributed by atoms with Crippen LogP contribution in [-0.4, -0.2) is 60.4 Å². The highest BCUT2D eigenvalue weighted by atomic mass is 19.4. The number of hydrogen-bond donors (Lipinski definition) is 1. The molecule has 4 heterocycles. The van der Waals surface area contributed by atoms with Crippen molar-refractivity contribution in [2.24, 2.45) is 5.92 Å². The van der Waals surface area contributed by atoms with Crippen molar-refractivity contribution < 1.29 is 36.9 Å². The third kappa shape index (κ3) is 6.31. The standard InChI is InChI=1S/C25H30F3N3O5/c26-25(27,28)15-34-13-17-1-2-22-18(9-17)11-19(14-35-22)29-24(32)21-12-23-31(30-21)6-3-20(36-23)10-16-4-7-33-8-5-16/h1-2,9,12,16,19-20H,3-8,10-11,13-15H2,(H,29,32)/t19-,20?/m1/s1. The van der Waals surface area contributed by atoms with Gasteiger partial charge >= 0.3 is 6.18 Å². The van der Waals surface area contributed by atoms with Crippen molar-refractivity contribution in [1.29, 1.82) is 0 Å². The quantitative estimate of drug-likeness (QED) is 0.614. The summed E-state index contributed by atoms with van der Waals surface area (Å²) in [5.74, 6) is 1.55. The Labute approximate surface area is 207 Å². The van der Waals surface area contributed by atoms with E-state index in [0.29, 0.717) is 42.7 Å². The first kappa shape index (κ1) is 24.9. The number of rotatable bonds is 7. The Hall–Kier alpha value is -2.79. The molecule has 36 heavy (non-hydrogen) atoms. The molecule has 2 aromatic rings. The molecule has 5 rings (SSSR count). The first-order chi connectivity index (χ1) is 17.3. The van der Waals surface area contributed by atoms with Crippen LogP contribution in [-0.2, 0) is 29.0 Å². The zero-order valence-corrected chi connectivity index (χ0v) is 19.9. The molecular weight excluding hydrogens is 479 g/mol. The molecule has 0 aliphatic carbocycles. The van der Waals surface area contributed by atoms with Crippen LogP contribution in [0.25, 0.3) is 0 Å². The molecule has 1 N–H and O–H groups in total. The van der Waals surface area contributed by atoms with Crippen molar-refractivity contribution in [3.63, 3.8) is 0 Å². The predicted octanol–water partition coefficient (Wildman–Crippen LogP) is 3.66. The smallest absolute Gasteiger partial charge is 0.411 e. The van der Waals surface area contributed by atoms with E-state index < -0.39 is 12.8 Å². The minimum atomic E-state index is -4.37. The molecule has 0 saturated carbocycles. The highest BCUT2D eigenvalue weighted by Gasteiger charge is 2.29. The summed E-state index contributed by atoms with van der Waals surface area (Å²) in [5.41, 5.74) is 1.71. The first-order valence-corrected chi connectivity index (χ1v) is 12.3. The number of carbonyl (C=O) groups excluding carboxylic acids is 1. The molecule has 1 unspecified atom stereocenters. The van der Waals surface area contributed by atoms with Crippen LogP contribution < -0.4 is 14.8 Å². The van der Waals surface area contributed by atoms with E-state index in [1.54, 1.807) is 28.9 Å². The van der Waals surface area contributed by atoms with Crippen molar-refractivity contribution >= 4 is 5.91 Å². The van der Waals surface area contributed by atoms with Gasteiger partial charge in [0.05, 0.1) is 12.6 Å². The highest BCUT2D eigenvalue weighted by molar-refractivity contribution is 5.92. The van der Waals surface area contributed by atoms with E-state index in [0.717, 1.165) is 44.5 Å². The first-order valence-electron chi connectivity index (χ1n) is 12.3. The van der Waals surface area contributed by atoms with E-state index in [2.05, 4.69) is 10.4 Å². The van der Waals surface area contributed by atoms with Gasteiger partial charge in [0.2, 0.25) is 5.88 Å². The van der Waals surface area contributed by atoms with Crippen molar-refractivity contribution in [3.8, 4) is 11.6 Å². The van der Waals surface area contributed by atoms with Gasteiger partial charge in [-0.2, -0.15) is 18.3 Å². The predicted molar refractivity (Wildman–Crippen MR) is 122 cm³/mol. The van der Waals surface area contributed by atoms with Gasteiger partial charge in [0.1, 0.15) is 25.1 Å². The molecule has 1 aromatic heterocycles. The summed E-state index contributed by atoms with van der Waals surface area (Å²) in [6, 6.07) is 6.54. The van der Waals surface area contributed by atoms with Crippen LogP contribution in [0, 0.1) is 5.92 Å². The molecule has 1 fully saturated rings. The molecule has 1 aromatic carbocycles. The number of halogens is 3. The number of aromatic nitrogens is 2. The molecular formula is C25H30F3N3O5. The second-order valence-corrected chi connectivity index (χ2v) is 9.65. The minimum Gasteiger partial charge on any atom is -0.491 e. The molecule has 11 heteroatoms. The van der Waals surface area contributed by atoms with E-state index in [4.69, 9.17) is 18.9 Å².